The summed E-state index contributed by atoms with van der Waals surface area (Å²) in [6.45, 7) is 8.04. The normalized spacial score (nSPS) is 15.9. The molecular weight excluding hydrogens is 406 g/mol. The van der Waals surface area contributed by atoms with E-state index < -0.39 is 0 Å². The Morgan fingerprint density at radius 3 is 2.74 bits per heavy atom. The number of rotatable bonds is 5. The molecule has 1 aliphatic rings. The third-order valence-electron chi connectivity index (χ3n) is 6.11. The zero-order valence-electron chi connectivity index (χ0n) is 18.3. The molecule has 1 atom stereocenters. The van der Waals surface area contributed by atoms with Crippen molar-refractivity contribution in [1.82, 2.24) is 9.88 Å². The van der Waals surface area contributed by atoms with Crippen LogP contribution in [-0.4, -0.2) is 34.3 Å². The minimum atomic E-state index is -0.0753. The summed E-state index contributed by atoms with van der Waals surface area (Å²) >= 11 is 5.80. The van der Waals surface area contributed by atoms with E-state index in [0.29, 0.717) is 23.8 Å². The summed E-state index contributed by atoms with van der Waals surface area (Å²) < 4.78 is 5.87. The molecule has 4 rings (SSSR count). The zero-order valence-corrected chi connectivity index (χ0v) is 19.1. The average molecular weight is 436 g/mol. The van der Waals surface area contributed by atoms with Gasteiger partial charge in [-0.3, -0.25) is 4.79 Å². The second-order valence-electron chi connectivity index (χ2n) is 8.36. The lowest BCUT2D eigenvalue weighted by Crippen LogP contribution is -2.40. The number of fused-ring (bicyclic) bond motifs is 1. The van der Waals surface area contributed by atoms with Crippen LogP contribution in [-0.2, 0) is 11.3 Å². The van der Waals surface area contributed by atoms with E-state index in [1.807, 2.05) is 43.3 Å². The van der Waals surface area contributed by atoms with Gasteiger partial charge in [0.1, 0.15) is 0 Å². The number of H-pyrrole nitrogens is 1. The van der Waals surface area contributed by atoms with Gasteiger partial charge >= 0.3 is 0 Å². The Kier molecular flexibility index (Phi) is 6.39. The van der Waals surface area contributed by atoms with Gasteiger partial charge in [0.25, 0.3) is 5.56 Å². The maximum absolute atomic E-state index is 12.9. The SMILES string of the molecule is Cc1cccc(NC(=S)N(Cc2cc3cccc(C)c3[nH]c2=O)CC2CCCO2)c1C. The molecule has 0 spiro atoms. The number of aryl methyl sites for hydroxylation is 2. The van der Waals surface area contributed by atoms with Crippen molar-refractivity contribution in [3.63, 3.8) is 0 Å². The van der Waals surface area contributed by atoms with Crippen molar-refractivity contribution in [1.29, 1.82) is 0 Å². The van der Waals surface area contributed by atoms with Crippen molar-refractivity contribution in [3.05, 3.63) is 75.1 Å². The maximum atomic E-state index is 12.9. The Hall–Kier alpha value is -2.70. The van der Waals surface area contributed by atoms with Gasteiger partial charge in [-0.05, 0) is 80.0 Å². The molecule has 6 heteroatoms. The molecule has 2 aromatic carbocycles. The molecule has 1 aromatic heterocycles. The number of thiocarbonyl (C=S) groups is 1. The number of aromatic amines is 1. The number of pyridine rings is 1. The van der Waals surface area contributed by atoms with Crippen LogP contribution in [0.2, 0.25) is 0 Å². The highest BCUT2D eigenvalue weighted by molar-refractivity contribution is 7.80. The molecule has 2 heterocycles. The van der Waals surface area contributed by atoms with E-state index >= 15 is 0 Å². The summed E-state index contributed by atoms with van der Waals surface area (Å²) in [7, 11) is 0. The number of anilines is 1. The fourth-order valence-electron chi connectivity index (χ4n) is 4.09. The lowest BCUT2D eigenvalue weighted by molar-refractivity contribution is 0.0904. The number of benzene rings is 2. The molecule has 0 aliphatic carbocycles. The molecule has 0 amide bonds. The molecular formula is C25H29N3O2S. The molecule has 1 saturated heterocycles. The predicted octanol–water partition coefficient (Wildman–Crippen LogP) is 4.83. The largest absolute Gasteiger partial charge is 0.376 e. The summed E-state index contributed by atoms with van der Waals surface area (Å²) in [5.41, 5.74) is 5.93. The van der Waals surface area contributed by atoms with Crippen LogP contribution in [0.25, 0.3) is 10.9 Å². The number of nitrogens with one attached hydrogen (secondary N) is 2. The highest BCUT2D eigenvalue weighted by Gasteiger charge is 2.22. The van der Waals surface area contributed by atoms with Gasteiger partial charge in [-0.25, -0.2) is 0 Å². The highest BCUT2D eigenvalue weighted by atomic mass is 32.1. The molecule has 1 aliphatic heterocycles. The topological polar surface area (TPSA) is 57.4 Å². The Balaban J connectivity index is 1.62. The molecule has 5 nitrogen and oxygen atoms in total. The van der Waals surface area contributed by atoms with Crippen LogP contribution in [0.15, 0.2) is 47.3 Å². The third kappa shape index (κ3) is 4.81. The quantitative estimate of drug-likeness (QED) is 0.562. The smallest absolute Gasteiger partial charge is 0.253 e. The minimum absolute atomic E-state index is 0.0753. The predicted molar refractivity (Wildman–Crippen MR) is 131 cm³/mol. The first kappa shape index (κ1) is 21.5. The van der Waals surface area contributed by atoms with Crippen molar-refractivity contribution >= 4 is 33.9 Å². The Morgan fingerprint density at radius 2 is 1.97 bits per heavy atom. The fraction of sp³-hybridized carbons (Fsp3) is 0.360. The first-order chi connectivity index (χ1) is 14.9. The summed E-state index contributed by atoms with van der Waals surface area (Å²) in [6, 6.07) is 14.2. The third-order valence-corrected chi connectivity index (χ3v) is 6.47. The van der Waals surface area contributed by atoms with Crippen molar-refractivity contribution in [2.24, 2.45) is 0 Å². The molecule has 1 unspecified atom stereocenters. The molecule has 1 fully saturated rings. The number of para-hydroxylation sites is 1. The monoisotopic (exact) mass is 435 g/mol. The van der Waals surface area contributed by atoms with Crippen molar-refractivity contribution in [3.8, 4) is 0 Å². The molecule has 3 aromatic rings. The minimum Gasteiger partial charge on any atom is -0.376 e. The van der Waals surface area contributed by atoms with Gasteiger partial charge in [-0.1, -0.05) is 30.3 Å². The van der Waals surface area contributed by atoms with E-state index in [0.717, 1.165) is 41.6 Å². The summed E-state index contributed by atoms with van der Waals surface area (Å²) in [4.78, 5) is 18.0. The van der Waals surface area contributed by atoms with Gasteiger partial charge in [0.2, 0.25) is 0 Å². The van der Waals surface area contributed by atoms with E-state index in [-0.39, 0.29) is 11.7 Å². The van der Waals surface area contributed by atoms with Crippen LogP contribution in [0, 0.1) is 20.8 Å². The number of ether oxygens (including phenoxy) is 1. The van der Waals surface area contributed by atoms with Gasteiger partial charge in [0.05, 0.1) is 18.2 Å². The summed E-state index contributed by atoms with van der Waals surface area (Å²) in [5, 5.41) is 5.03. The second kappa shape index (κ2) is 9.20. The van der Waals surface area contributed by atoms with Crippen LogP contribution in [0.3, 0.4) is 0 Å². The average Bonchev–Trinajstić information content (AvgIpc) is 3.25. The highest BCUT2D eigenvalue weighted by Crippen LogP contribution is 2.21. The molecule has 0 radical (unpaired) electrons. The van der Waals surface area contributed by atoms with Gasteiger partial charge in [-0.2, -0.15) is 0 Å². The number of hydrogen-bond acceptors (Lipinski definition) is 3. The number of nitrogens with zero attached hydrogens (tertiary/aromatic N) is 1. The van der Waals surface area contributed by atoms with Gasteiger partial charge in [0, 0.05) is 24.4 Å². The van der Waals surface area contributed by atoms with Crippen molar-refractivity contribution in [2.45, 2.75) is 46.3 Å². The molecule has 162 valence electrons. The van der Waals surface area contributed by atoms with Gasteiger partial charge in [0.15, 0.2) is 5.11 Å². The lowest BCUT2D eigenvalue weighted by atomic mass is 10.1. The number of hydrogen-bond donors (Lipinski definition) is 2. The lowest BCUT2D eigenvalue weighted by Gasteiger charge is -2.28. The molecule has 31 heavy (non-hydrogen) atoms. The fourth-order valence-corrected chi connectivity index (χ4v) is 4.33. The number of aromatic nitrogens is 1. The second-order valence-corrected chi connectivity index (χ2v) is 8.74. The van der Waals surface area contributed by atoms with Crippen LogP contribution in [0.1, 0.15) is 35.1 Å². The molecule has 0 saturated carbocycles. The van der Waals surface area contributed by atoms with Gasteiger partial charge < -0.3 is 19.9 Å². The van der Waals surface area contributed by atoms with E-state index in [2.05, 4.69) is 35.1 Å². The van der Waals surface area contributed by atoms with Crippen molar-refractivity contribution < 1.29 is 4.74 Å². The standard InChI is InChI=1S/C25H29N3O2S/c1-16-7-5-11-22(18(16)3)26-25(31)28(15-21-10-6-12-30-21)14-20-13-19-9-4-8-17(2)23(19)27-24(20)29/h4-5,7-9,11,13,21H,6,10,12,14-15H2,1-3H3,(H,26,31)(H,27,29). The summed E-state index contributed by atoms with van der Waals surface area (Å²) in [6.07, 6.45) is 2.20. The van der Waals surface area contributed by atoms with Crippen LogP contribution >= 0.6 is 12.2 Å². The zero-order chi connectivity index (χ0) is 22.0. The van der Waals surface area contributed by atoms with Crippen LogP contribution in [0.5, 0.6) is 0 Å². The van der Waals surface area contributed by atoms with Gasteiger partial charge in [-0.15, -0.1) is 0 Å². The molecule has 2 N–H and O–H groups in total. The summed E-state index contributed by atoms with van der Waals surface area (Å²) in [5.74, 6) is 0. The molecule has 0 bridgehead atoms. The van der Waals surface area contributed by atoms with Crippen LogP contribution < -0.4 is 10.9 Å². The van der Waals surface area contributed by atoms with E-state index in [9.17, 15) is 4.79 Å². The van der Waals surface area contributed by atoms with E-state index in [4.69, 9.17) is 17.0 Å². The Bertz CT molecular complexity index is 1170. The first-order valence-electron chi connectivity index (χ1n) is 10.8. The Labute approximate surface area is 188 Å². The van der Waals surface area contributed by atoms with E-state index in [1.54, 1.807) is 0 Å². The van der Waals surface area contributed by atoms with Crippen LogP contribution in [0.4, 0.5) is 5.69 Å². The maximum Gasteiger partial charge on any atom is 0.253 e. The van der Waals surface area contributed by atoms with Crippen molar-refractivity contribution in [2.75, 3.05) is 18.5 Å². The van der Waals surface area contributed by atoms with E-state index in [1.165, 1.54) is 11.1 Å². The first-order valence-corrected chi connectivity index (χ1v) is 11.2. The Morgan fingerprint density at radius 1 is 1.19 bits per heavy atom.